The smallest absolute Gasteiger partial charge is 0.270 e. The Bertz CT molecular complexity index is 759. The second-order valence-corrected chi connectivity index (χ2v) is 7.11. The molecule has 0 bridgehead atoms. The lowest BCUT2D eigenvalue weighted by molar-refractivity contribution is -0.131. The normalized spacial score (nSPS) is 17.8. The molecule has 1 aromatic carbocycles. The van der Waals surface area contributed by atoms with Crippen molar-refractivity contribution >= 4 is 23.4 Å². The second kappa shape index (κ2) is 8.79. The predicted molar refractivity (Wildman–Crippen MR) is 102 cm³/mol. The van der Waals surface area contributed by atoms with Gasteiger partial charge in [-0.3, -0.25) is 14.4 Å². The first-order valence-electron chi connectivity index (χ1n) is 9.51. The molecule has 1 saturated heterocycles. The molecule has 1 aromatic rings. The van der Waals surface area contributed by atoms with Gasteiger partial charge in [-0.15, -0.1) is 0 Å². The number of nitrogens with zero attached hydrogens (tertiary/aromatic N) is 3. The molecule has 1 N–H and O–H groups in total. The van der Waals surface area contributed by atoms with Gasteiger partial charge in [0, 0.05) is 45.4 Å². The van der Waals surface area contributed by atoms with E-state index in [4.69, 9.17) is 0 Å². The van der Waals surface area contributed by atoms with E-state index in [0.29, 0.717) is 51.2 Å². The van der Waals surface area contributed by atoms with Crippen molar-refractivity contribution < 1.29 is 14.4 Å². The molecular formula is C20H26N4O3. The minimum Gasteiger partial charge on any atom is -0.341 e. The summed E-state index contributed by atoms with van der Waals surface area (Å²) in [6.45, 7) is 4.36. The predicted octanol–water partition coefficient (Wildman–Crippen LogP) is 1.25. The third-order valence-corrected chi connectivity index (χ3v) is 5.00. The summed E-state index contributed by atoms with van der Waals surface area (Å²) in [5.74, 6) is -0.162. The summed E-state index contributed by atoms with van der Waals surface area (Å²) in [6, 6.07) is 8.22. The summed E-state index contributed by atoms with van der Waals surface area (Å²) in [4.78, 5) is 39.9. The van der Waals surface area contributed by atoms with Gasteiger partial charge in [-0.25, -0.2) is 5.43 Å². The molecule has 2 aliphatic rings. The first kappa shape index (κ1) is 19.1. The largest absolute Gasteiger partial charge is 0.341 e. The van der Waals surface area contributed by atoms with E-state index >= 15 is 0 Å². The van der Waals surface area contributed by atoms with E-state index in [1.807, 2.05) is 30.0 Å². The highest BCUT2D eigenvalue weighted by atomic mass is 16.2. The molecule has 2 heterocycles. The van der Waals surface area contributed by atoms with Crippen molar-refractivity contribution in [3.8, 4) is 0 Å². The van der Waals surface area contributed by atoms with Crippen LogP contribution in [0.3, 0.4) is 0 Å². The summed E-state index contributed by atoms with van der Waals surface area (Å²) in [5, 5.41) is 3.89. The molecule has 0 atom stereocenters. The standard InChI is InChI=1S/C20H26N4O3/c1-15-4-2-5-16(14-15)6-9-19(26)23-10-3-11-24(13-12-23)20(27)17-7-8-18(25)22-21-17/h2,4-5,14H,3,6-13H2,1H3,(H,22,25). The Balaban J connectivity index is 1.51. The first-order valence-corrected chi connectivity index (χ1v) is 9.51. The van der Waals surface area contributed by atoms with Crippen LogP contribution in [0.5, 0.6) is 0 Å². The van der Waals surface area contributed by atoms with Gasteiger partial charge in [0.15, 0.2) is 0 Å². The molecule has 0 saturated carbocycles. The summed E-state index contributed by atoms with van der Waals surface area (Å²) in [6.07, 6.45) is 2.64. The Morgan fingerprint density at radius 1 is 1.11 bits per heavy atom. The van der Waals surface area contributed by atoms with E-state index in [0.717, 1.165) is 12.8 Å². The second-order valence-electron chi connectivity index (χ2n) is 7.11. The molecule has 0 aliphatic carbocycles. The molecule has 7 nitrogen and oxygen atoms in total. The highest BCUT2D eigenvalue weighted by molar-refractivity contribution is 6.39. The Kier molecular flexibility index (Phi) is 6.21. The van der Waals surface area contributed by atoms with E-state index in [9.17, 15) is 14.4 Å². The molecular weight excluding hydrogens is 344 g/mol. The Morgan fingerprint density at radius 2 is 1.89 bits per heavy atom. The zero-order valence-corrected chi connectivity index (χ0v) is 15.7. The van der Waals surface area contributed by atoms with Crippen molar-refractivity contribution in [3.05, 3.63) is 35.4 Å². The summed E-state index contributed by atoms with van der Waals surface area (Å²) in [5.41, 5.74) is 5.14. The van der Waals surface area contributed by atoms with Gasteiger partial charge in [-0.05, 0) is 25.3 Å². The van der Waals surface area contributed by atoms with Crippen molar-refractivity contribution in [3.63, 3.8) is 0 Å². The molecule has 3 rings (SSSR count). The average molecular weight is 370 g/mol. The van der Waals surface area contributed by atoms with Gasteiger partial charge in [-0.2, -0.15) is 5.10 Å². The lowest BCUT2D eigenvalue weighted by Gasteiger charge is -2.23. The maximum Gasteiger partial charge on any atom is 0.270 e. The summed E-state index contributed by atoms with van der Waals surface area (Å²) >= 11 is 0. The Labute approximate surface area is 159 Å². The molecule has 7 heteroatoms. The number of rotatable bonds is 4. The molecule has 1 fully saturated rings. The molecule has 2 aliphatic heterocycles. The fourth-order valence-electron chi connectivity index (χ4n) is 3.46. The highest BCUT2D eigenvalue weighted by Gasteiger charge is 2.26. The zero-order chi connectivity index (χ0) is 19.2. The SMILES string of the molecule is Cc1cccc(CCC(=O)N2CCCN(C(=O)C3=NNC(=O)CC3)CC2)c1. The molecule has 0 unspecified atom stereocenters. The lowest BCUT2D eigenvalue weighted by atomic mass is 10.1. The Morgan fingerprint density at radius 3 is 2.63 bits per heavy atom. The van der Waals surface area contributed by atoms with E-state index in [-0.39, 0.29) is 17.7 Å². The van der Waals surface area contributed by atoms with Crippen LogP contribution in [-0.2, 0) is 20.8 Å². The van der Waals surface area contributed by atoms with E-state index in [2.05, 4.69) is 16.6 Å². The number of carbonyl (C=O) groups is 3. The number of benzene rings is 1. The van der Waals surface area contributed by atoms with Crippen molar-refractivity contribution in [2.45, 2.75) is 39.0 Å². The molecule has 27 heavy (non-hydrogen) atoms. The van der Waals surface area contributed by atoms with Crippen molar-refractivity contribution in [2.75, 3.05) is 26.2 Å². The third kappa shape index (κ3) is 5.15. The number of carbonyl (C=O) groups excluding carboxylic acids is 3. The van der Waals surface area contributed by atoms with Crippen LogP contribution in [0.1, 0.15) is 36.8 Å². The van der Waals surface area contributed by atoms with Crippen LogP contribution in [-0.4, -0.2) is 59.4 Å². The first-order chi connectivity index (χ1) is 13.0. The van der Waals surface area contributed by atoms with E-state index in [1.54, 1.807) is 4.90 Å². The lowest BCUT2D eigenvalue weighted by Crippen LogP contribution is -2.42. The molecule has 3 amide bonds. The van der Waals surface area contributed by atoms with Crippen LogP contribution in [0.2, 0.25) is 0 Å². The quantitative estimate of drug-likeness (QED) is 0.866. The number of hydrogen-bond donors (Lipinski definition) is 1. The molecule has 0 spiro atoms. The maximum absolute atomic E-state index is 12.6. The average Bonchev–Trinajstić information content (AvgIpc) is 2.92. The number of hydrazone groups is 1. The maximum atomic E-state index is 12.6. The molecule has 0 aromatic heterocycles. The highest BCUT2D eigenvalue weighted by Crippen LogP contribution is 2.11. The van der Waals surface area contributed by atoms with E-state index in [1.165, 1.54) is 11.1 Å². The van der Waals surface area contributed by atoms with Gasteiger partial charge < -0.3 is 9.80 Å². The van der Waals surface area contributed by atoms with Gasteiger partial charge >= 0.3 is 0 Å². The van der Waals surface area contributed by atoms with Crippen molar-refractivity contribution in [2.24, 2.45) is 5.10 Å². The van der Waals surface area contributed by atoms with Gasteiger partial charge in [0.05, 0.1) is 0 Å². The van der Waals surface area contributed by atoms with Crippen LogP contribution in [0.15, 0.2) is 29.4 Å². The number of nitrogens with one attached hydrogen (secondary N) is 1. The van der Waals surface area contributed by atoms with Crippen molar-refractivity contribution in [1.29, 1.82) is 0 Å². The molecule has 0 radical (unpaired) electrons. The third-order valence-electron chi connectivity index (χ3n) is 5.00. The van der Waals surface area contributed by atoms with E-state index < -0.39 is 0 Å². The van der Waals surface area contributed by atoms with Gasteiger partial charge in [0.25, 0.3) is 5.91 Å². The Hall–Kier alpha value is -2.70. The van der Waals surface area contributed by atoms with Gasteiger partial charge in [0.1, 0.15) is 5.71 Å². The van der Waals surface area contributed by atoms with Crippen molar-refractivity contribution in [1.82, 2.24) is 15.2 Å². The van der Waals surface area contributed by atoms with Crippen LogP contribution < -0.4 is 5.43 Å². The summed E-state index contributed by atoms with van der Waals surface area (Å²) in [7, 11) is 0. The number of amides is 3. The van der Waals surface area contributed by atoms with Gasteiger partial charge in [-0.1, -0.05) is 29.8 Å². The topological polar surface area (TPSA) is 82.1 Å². The zero-order valence-electron chi connectivity index (χ0n) is 15.7. The van der Waals surface area contributed by atoms with Crippen LogP contribution in [0.4, 0.5) is 0 Å². The van der Waals surface area contributed by atoms with Gasteiger partial charge in [0.2, 0.25) is 11.8 Å². The fourth-order valence-corrected chi connectivity index (χ4v) is 3.46. The minimum atomic E-state index is -0.159. The van der Waals surface area contributed by atoms with Crippen LogP contribution >= 0.6 is 0 Å². The summed E-state index contributed by atoms with van der Waals surface area (Å²) < 4.78 is 0. The monoisotopic (exact) mass is 370 g/mol. The number of hydrogen-bond acceptors (Lipinski definition) is 4. The minimum absolute atomic E-state index is 0.132. The fraction of sp³-hybridized carbons (Fsp3) is 0.500. The van der Waals surface area contributed by atoms with Crippen LogP contribution in [0, 0.1) is 6.92 Å². The molecule has 144 valence electrons. The number of aryl methyl sites for hydroxylation is 2. The van der Waals surface area contributed by atoms with Crippen LogP contribution in [0.25, 0.3) is 0 Å².